The highest BCUT2D eigenvalue weighted by atomic mass is 16.5. The predicted octanol–water partition coefficient (Wildman–Crippen LogP) is 1.99. The first-order valence-corrected chi connectivity index (χ1v) is 5.98. The molecule has 2 heterocycles. The van der Waals surface area contributed by atoms with E-state index in [1.807, 2.05) is 32.9 Å². The first kappa shape index (κ1) is 13.1. The monoisotopic (exact) mass is 257 g/mol. The van der Waals surface area contributed by atoms with E-state index in [-0.39, 0.29) is 11.1 Å². The van der Waals surface area contributed by atoms with Crippen molar-refractivity contribution in [2.24, 2.45) is 0 Å². The maximum absolute atomic E-state index is 12.3. The molecule has 2 aromatic heterocycles. The molecule has 0 bridgehead atoms. The summed E-state index contributed by atoms with van der Waals surface area (Å²) in [5, 5.41) is 12.9. The second kappa shape index (κ2) is 4.73. The first-order valence-electron chi connectivity index (χ1n) is 5.98. The van der Waals surface area contributed by atoms with E-state index in [9.17, 15) is 4.79 Å². The average molecular weight is 257 g/mol. The van der Waals surface area contributed by atoms with E-state index in [0.29, 0.717) is 17.9 Å². The molecule has 0 aliphatic carbocycles. The van der Waals surface area contributed by atoms with E-state index in [0.717, 1.165) is 17.0 Å². The van der Waals surface area contributed by atoms with Crippen molar-refractivity contribution in [3.05, 3.63) is 50.3 Å². The van der Waals surface area contributed by atoms with Crippen molar-refractivity contribution in [2.75, 3.05) is 0 Å². The van der Waals surface area contributed by atoms with Gasteiger partial charge in [0.1, 0.15) is 17.4 Å². The smallest absolute Gasteiger partial charge is 0.269 e. The van der Waals surface area contributed by atoms with Gasteiger partial charge in [0, 0.05) is 11.3 Å². The second-order valence-corrected chi connectivity index (χ2v) is 4.65. The Labute approximate surface area is 111 Å². The van der Waals surface area contributed by atoms with Crippen LogP contribution in [0.15, 0.2) is 15.4 Å². The van der Waals surface area contributed by atoms with Crippen molar-refractivity contribution in [1.29, 1.82) is 5.26 Å². The van der Waals surface area contributed by atoms with Crippen LogP contribution in [0.5, 0.6) is 0 Å². The molecule has 0 aliphatic rings. The molecule has 0 saturated heterocycles. The van der Waals surface area contributed by atoms with Crippen LogP contribution >= 0.6 is 0 Å². The zero-order valence-electron chi connectivity index (χ0n) is 11.4. The lowest BCUT2D eigenvalue weighted by atomic mass is 10.1. The Hall–Kier alpha value is -2.35. The first-order chi connectivity index (χ1) is 8.95. The molecule has 0 saturated carbocycles. The van der Waals surface area contributed by atoms with Crippen molar-refractivity contribution >= 4 is 0 Å². The summed E-state index contributed by atoms with van der Waals surface area (Å²) in [5.41, 5.74) is 3.11. The Kier molecular flexibility index (Phi) is 3.26. The van der Waals surface area contributed by atoms with Crippen LogP contribution in [-0.2, 0) is 6.54 Å². The number of nitriles is 1. The van der Waals surface area contributed by atoms with Gasteiger partial charge in [0.15, 0.2) is 0 Å². The van der Waals surface area contributed by atoms with Gasteiger partial charge in [0.2, 0.25) is 0 Å². The van der Waals surface area contributed by atoms with Gasteiger partial charge >= 0.3 is 0 Å². The molecule has 0 atom stereocenters. The summed E-state index contributed by atoms with van der Waals surface area (Å²) in [4.78, 5) is 12.3. The Morgan fingerprint density at radius 2 is 2.05 bits per heavy atom. The molecule has 0 aliphatic heterocycles. The van der Waals surface area contributed by atoms with Crippen molar-refractivity contribution < 1.29 is 4.52 Å². The molecule has 0 N–H and O–H groups in total. The molecule has 98 valence electrons. The number of pyridine rings is 1. The maximum atomic E-state index is 12.3. The minimum absolute atomic E-state index is 0.192. The summed E-state index contributed by atoms with van der Waals surface area (Å²) in [6, 6.07) is 3.81. The van der Waals surface area contributed by atoms with Crippen LogP contribution in [-0.4, -0.2) is 9.72 Å². The number of hydrogen-bond acceptors (Lipinski definition) is 4. The SMILES string of the molecule is Cc1cc(C)n(Cc2c(C)noc2C)c(=O)c1C#N. The quantitative estimate of drug-likeness (QED) is 0.824. The summed E-state index contributed by atoms with van der Waals surface area (Å²) in [7, 11) is 0. The molecule has 0 unspecified atom stereocenters. The lowest BCUT2D eigenvalue weighted by molar-refractivity contribution is 0.392. The number of nitrogens with zero attached hydrogens (tertiary/aromatic N) is 3. The fourth-order valence-electron chi connectivity index (χ4n) is 2.15. The highest BCUT2D eigenvalue weighted by Crippen LogP contribution is 2.15. The van der Waals surface area contributed by atoms with Crippen LogP contribution in [0.2, 0.25) is 0 Å². The van der Waals surface area contributed by atoms with Crippen LogP contribution in [0, 0.1) is 39.0 Å². The van der Waals surface area contributed by atoms with Crippen LogP contribution in [0.25, 0.3) is 0 Å². The lowest BCUT2D eigenvalue weighted by Gasteiger charge is -2.11. The van der Waals surface area contributed by atoms with Crippen molar-refractivity contribution in [1.82, 2.24) is 9.72 Å². The lowest BCUT2D eigenvalue weighted by Crippen LogP contribution is -2.26. The minimum atomic E-state index is -0.264. The third kappa shape index (κ3) is 2.17. The third-order valence-corrected chi connectivity index (χ3v) is 3.31. The molecule has 0 fully saturated rings. The Bertz CT molecular complexity index is 713. The zero-order chi connectivity index (χ0) is 14.2. The van der Waals surface area contributed by atoms with Gasteiger partial charge in [-0.2, -0.15) is 5.26 Å². The predicted molar refractivity (Wildman–Crippen MR) is 70.0 cm³/mol. The van der Waals surface area contributed by atoms with Gasteiger partial charge in [-0.15, -0.1) is 0 Å². The van der Waals surface area contributed by atoms with Crippen LogP contribution < -0.4 is 5.56 Å². The topological polar surface area (TPSA) is 71.8 Å². The van der Waals surface area contributed by atoms with Gasteiger partial charge in [0.05, 0.1) is 12.2 Å². The van der Waals surface area contributed by atoms with E-state index >= 15 is 0 Å². The van der Waals surface area contributed by atoms with Crippen LogP contribution in [0.4, 0.5) is 0 Å². The second-order valence-electron chi connectivity index (χ2n) is 4.65. The molecule has 0 amide bonds. The van der Waals surface area contributed by atoms with Gasteiger partial charge < -0.3 is 9.09 Å². The third-order valence-electron chi connectivity index (χ3n) is 3.31. The van der Waals surface area contributed by atoms with Gasteiger partial charge in [-0.25, -0.2) is 0 Å². The fourth-order valence-corrected chi connectivity index (χ4v) is 2.15. The van der Waals surface area contributed by atoms with E-state index in [4.69, 9.17) is 9.78 Å². The Morgan fingerprint density at radius 3 is 2.58 bits per heavy atom. The Morgan fingerprint density at radius 1 is 1.37 bits per heavy atom. The molecule has 0 spiro atoms. The van der Waals surface area contributed by atoms with Crippen LogP contribution in [0.1, 0.15) is 33.8 Å². The summed E-state index contributed by atoms with van der Waals surface area (Å²) in [5.74, 6) is 0.697. The molecule has 5 heteroatoms. The molecule has 5 nitrogen and oxygen atoms in total. The number of aromatic nitrogens is 2. The van der Waals surface area contributed by atoms with E-state index in [1.165, 1.54) is 0 Å². The molecular formula is C14H15N3O2. The summed E-state index contributed by atoms with van der Waals surface area (Å²) < 4.78 is 6.68. The van der Waals surface area contributed by atoms with Gasteiger partial charge in [0.25, 0.3) is 5.56 Å². The zero-order valence-corrected chi connectivity index (χ0v) is 11.4. The van der Waals surface area contributed by atoms with E-state index in [1.54, 1.807) is 11.5 Å². The fraction of sp³-hybridized carbons (Fsp3) is 0.357. The molecule has 0 radical (unpaired) electrons. The van der Waals surface area contributed by atoms with Crippen molar-refractivity contribution in [2.45, 2.75) is 34.2 Å². The highest BCUT2D eigenvalue weighted by molar-refractivity contribution is 5.36. The van der Waals surface area contributed by atoms with Crippen molar-refractivity contribution in [3.8, 4) is 6.07 Å². The molecular weight excluding hydrogens is 242 g/mol. The average Bonchev–Trinajstić information content (AvgIpc) is 2.65. The summed E-state index contributed by atoms with van der Waals surface area (Å²) >= 11 is 0. The number of aryl methyl sites for hydroxylation is 4. The summed E-state index contributed by atoms with van der Waals surface area (Å²) in [6.45, 7) is 7.66. The van der Waals surface area contributed by atoms with Gasteiger partial charge in [-0.1, -0.05) is 5.16 Å². The standard InChI is InChI=1S/C14H15N3O2/c1-8-5-9(2)17(14(18)12(8)6-15)7-13-10(3)16-19-11(13)4/h5H,7H2,1-4H3. The molecule has 2 aromatic rings. The summed E-state index contributed by atoms with van der Waals surface area (Å²) in [6.07, 6.45) is 0. The molecule has 19 heavy (non-hydrogen) atoms. The maximum Gasteiger partial charge on any atom is 0.269 e. The molecule has 2 rings (SSSR count). The largest absolute Gasteiger partial charge is 0.361 e. The van der Waals surface area contributed by atoms with Crippen molar-refractivity contribution in [3.63, 3.8) is 0 Å². The normalized spacial score (nSPS) is 10.5. The van der Waals surface area contributed by atoms with Gasteiger partial charge in [-0.05, 0) is 39.3 Å². The minimum Gasteiger partial charge on any atom is -0.361 e. The Balaban J connectivity index is 2.59. The number of rotatable bonds is 2. The van der Waals surface area contributed by atoms with E-state index < -0.39 is 0 Å². The van der Waals surface area contributed by atoms with Crippen LogP contribution in [0.3, 0.4) is 0 Å². The van der Waals surface area contributed by atoms with E-state index in [2.05, 4.69) is 5.16 Å². The highest BCUT2D eigenvalue weighted by Gasteiger charge is 2.14. The van der Waals surface area contributed by atoms with Gasteiger partial charge in [-0.3, -0.25) is 4.79 Å². The molecule has 0 aromatic carbocycles. The number of hydrogen-bond donors (Lipinski definition) is 0.